The number of thiazole rings is 1. The van der Waals surface area contributed by atoms with Gasteiger partial charge in [-0.25, -0.2) is 4.98 Å². The molecule has 3 rings (SSSR count). The van der Waals surface area contributed by atoms with E-state index in [0.717, 1.165) is 10.2 Å². The summed E-state index contributed by atoms with van der Waals surface area (Å²) in [5, 5.41) is 13.7. The molecule has 2 N–H and O–H groups in total. The minimum Gasteiger partial charge on any atom is -0.507 e. The monoisotopic (exact) mass is 318 g/mol. The van der Waals surface area contributed by atoms with E-state index in [1.165, 1.54) is 11.3 Å². The van der Waals surface area contributed by atoms with Gasteiger partial charge in [0, 0.05) is 5.02 Å². The van der Waals surface area contributed by atoms with Gasteiger partial charge in [-0.1, -0.05) is 35.1 Å². The third-order valence-corrected chi connectivity index (χ3v) is 4.22. The van der Waals surface area contributed by atoms with Crippen LogP contribution in [-0.4, -0.2) is 16.0 Å². The molecule has 0 atom stereocenters. The molecule has 0 aliphatic carbocycles. The summed E-state index contributed by atoms with van der Waals surface area (Å²) in [6.07, 6.45) is 0. The molecule has 4 nitrogen and oxygen atoms in total. The molecule has 3 aromatic rings. The van der Waals surface area contributed by atoms with Crippen LogP contribution in [0.1, 0.15) is 15.9 Å². The Balaban J connectivity index is 1.91. The van der Waals surface area contributed by atoms with Gasteiger partial charge in [0.25, 0.3) is 5.91 Å². The number of aromatic hydroxyl groups is 1. The number of benzene rings is 2. The molecule has 0 saturated heterocycles. The first kappa shape index (κ1) is 13.9. The number of hydrogen-bond acceptors (Lipinski definition) is 4. The van der Waals surface area contributed by atoms with Gasteiger partial charge in [0.15, 0.2) is 5.13 Å². The lowest BCUT2D eigenvalue weighted by Crippen LogP contribution is -2.12. The second kappa shape index (κ2) is 5.35. The van der Waals surface area contributed by atoms with Crippen LogP contribution in [0.2, 0.25) is 5.02 Å². The molecule has 1 aromatic heterocycles. The number of para-hydroxylation sites is 1. The largest absolute Gasteiger partial charge is 0.507 e. The first-order chi connectivity index (χ1) is 10.0. The quantitative estimate of drug-likeness (QED) is 0.743. The topological polar surface area (TPSA) is 62.2 Å². The van der Waals surface area contributed by atoms with Crippen LogP contribution in [0, 0.1) is 6.92 Å². The van der Waals surface area contributed by atoms with Crippen LogP contribution in [0.5, 0.6) is 5.75 Å². The number of phenols is 1. The van der Waals surface area contributed by atoms with Crippen molar-refractivity contribution in [3.05, 3.63) is 52.5 Å². The number of hydrogen-bond donors (Lipinski definition) is 2. The number of anilines is 1. The molecule has 0 aliphatic rings. The summed E-state index contributed by atoms with van der Waals surface area (Å²) >= 11 is 7.26. The number of fused-ring (bicyclic) bond motifs is 1. The Bertz CT molecular complexity index is 845. The third-order valence-electron chi connectivity index (χ3n) is 3.05. The Morgan fingerprint density at radius 2 is 2.14 bits per heavy atom. The number of halogens is 1. The van der Waals surface area contributed by atoms with E-state index < -0.39 is 0 Å². The average Bonchev–Trinajstić information content (AvgIpc) is 2.83. The summed E-state index contributed by atoms with van der Waals surface area (Å²) in [5.74, 6) is -0.402. The van der Waals surface area contributed by atoms with Gasteiger partial charge in [-0.15, -0.1) is 0 Å². The molecule has 1 amide bonds. The summed E-state index contributed by atoms with van der Waals surface area (Å²) < 4.78 is 0.895. The lowest BCUT2D eigenvalue weighted by Gasteiger charge is -2.05. The van der Waals surface area contributed by atoms with Crippen molar-refractivity contribution >= 4 is 44.2 Å². The maximum absolute atomic E-state index is 12.2. The van der Waals surface area contributed by atoms with E-state index in [-0.39, 0.29) is 17.2 Å². The van der Waals surface area contributed by atoms with Crippen LogP contribution in [0.4, 0.5) is 5.13 Å². The summed E-state index contributed by atoms with van der Waals surface area (Å²) in [6, 6.07) is 10.4. The number of nitrogens with one attached hydrogen (secondary N) is 1. The molecular formula is C15H11ClN2O2S. The van der Waals surface area contributed by atoms with E-state index in [1.807, 2.05) is 0 Å². The minimum absolute atomic E-state index is 0.0147. The van der Waals surface area contributed by atoms with Crippen LogP contribution in [0.15, 0.2) is 36.4 Å². The van der Waals surface area contributed by atoms with Crippen molar-refractivity contribution in [1.82, 2.24) is 4.98 Å². The van der Waals surface area contributed by atoms with Gasteiger partial charge in [-0.2, -0.15) is 0 Å². The second-order valence-electron chi connectivity index (χ2n) is 4.56. The van der Waals surface area contributed by atoms with Crippen LogP contribution >= 0.6 is 22.9 Å². The van der Waals surface area contributed by atoms with Gasteiger partial charge >= 0.3 is 0 Å². The highest BCUT2D eigenvalue weighted by molar-refractivity contribution is 7.22. The van der Waals surface area contributed by atoms with Crippen molar-refractivity contribution in [3.8, 4) is 5.75 Å². The van der Waals surface area contributed by atoms with Gasteiger partial charge in [0.05, 0.1) is 15.8 Å². The average molecular weight is 319 g/mol. The lowest BCUT2D eigenvalue weighted by molar-refractivity contribution is 0.102. The minimum atomic E-state index is -0.388. The molecule has 21 heavy (non-hydrogen) atoms. The van der Waals surface area contributed by atoms with Gasteiger partial charge in [0.2, 0.25) is 0 Å². The van der Waals surface area contributed by atoms with Gasteiger partial charge in [-0.05, 0) is 36.8 Å². The van der Waals surface area contributed by atoms with Crippen LogP contribution in [-0.2, 0) is 0 Å². The SMILES string of the molecule is Cc1cccc(C(=O)Nc2nc3ccc(Cl)cc3s2)c1O. The van der Waals surface area contributed by atoms with Gasteiger partial charge in [-0.3, -0.25) is 10.1 Å². The molecule has 106 valence electrons. The second-order valence-corrected chi connectivity index (χ2v) is 6.02. The predicted molar refractivity (Wildman–Crippen MR) is 85.4 cm³/mol. The summed E-state index contributed by atoms with van der Waals surface area (Å²) in [6.45, 7) is 1.74. The molecule has 0 fully saturated rings. The number of carbonyl (C=O) groups excluding carboxylic acids is 1. The number of rotatable bonds is 2. The molecule has 2 aromatic carbocycles. The number of aromatic nitrogens is 1. The normalized spacial score (nSPS) is 10.8. The van der Waals surface area contributed by atoms with Crippen molar-refractivity contribution in [3.63, 3.8) is 0 Å². The smallest absolute Gasteiger partial charge is 0.261 e. The van der Waals surface area contributed by atoms with E-state index in [2.05, 4.69) is 10.3 Å². The highest BCUT2D eigenvalue weighted by Crippen LogP contribution is 2.29. The third kappa shape index (κ3) is 2.70. The van der Waals surface area contributed by atoms with Crippen LogP contribution in [0.25, 0.3) is 10.2 Å². The highest BCUT2D eigenvalue weighted by Gasteiger charge is 2.14. The number of amides is 1. The standard InChI is InChI=1S/C15H11ClN2O2S/c1-8-3-2-4-10(13(8)19)14(20)18-15-17-11-6-5-9(16)7-12(11)21-15/h2-7,19H,1H3,(H,17,18,20). The fourth-order valence-corrected chi connectivity index (χ4v) is 3.10. The van der Waals surface area contributed by atoms with E-state index in [0.29, 0.717) is 15.7 Å². The van der Waals surface area contributed by atoms with Crippen molar-refractivity contribution in [1.29, 1.82) is 0 Å². The maximum Gasteiger partial charge on any atom is 0.261 e. The fraction of sp³-hybridized carbons (Fsp3) is 0.0667. The van der Waals surface area contributed by atoms with Crippen LogP contribution < -0.4 is 5.32 Å². The molecule has 0 saturated carbocycles. The molecule has 0 radical (unpaired) electrons. The Labute approximate surface area is 130 Å². The predicted octanol–water partition coefficient (Wildman–Crippen LogP) is 4.22. The molecule has 6 heteroatoms. The van der Waals surface area contributed by atoms with E-state index in [1.54, 1.807) is 43.3 Å². The first-order valence-electron chi connectivity index (χ1n) is 6.20. The van der Waals surface area contributed by atoms with Gasteiger partial charge in [0.1, 0.15) is 5.75 Å². The van der Waals surface area contributed by atoms with E-state index in [4.69, 9.17) is 11.6 Å². The Morgan fingerprint density at radius 1 is 1.33 bits per heavy atom. The summed E-state index contributed by atoms with van der Waals surface area (Å²) in [5.41, 5.74) is 1.65. The molecule has 0 spiro atoms. The fourth-order valence-electron chi connectivity index (χ4n) is 1.96. The zero-order valence-electron chi connectivity index (χ0n) is 11.1. The van der Waals surface area contributed by atoms with E-state index in [9.17, 15) is 9.90 Å². The van der Waals surface area contributed by atoms with E-state index >= 15 is 0 Å². The molecule has 0 bridgehead atoms. The zero-order chi connectivity index (χ0) is 15.0. The molecular weight excluding hydrogens is 308 g/mol. The Morgan fingerprint density at radius 3 is 2.95 bits per heavy atom. The number of phenolic OH excluding ortho intramolecular Hbond substituents is 1. The summed E-state index contributed by atoms with van der Waals surface area (Å²) in [4.78, 5) is 16.5. The van der Waals surface area contributed by atoms with Gasteiger partial charge < -0.3 is 5.11 Å². The van der Waals surface area contributed by atoms with Crippen molar-refractivity contribution in [2.75, 3.05) is 5.32 Å². The zero-order valence-corrected chi connectivity index (χ0v) is 12.6. The summed E-state index contributed by atoms with van der Waals surface area (Å²) in [7, 11) is 0. The van der Waals surface area contributed by atoms with Crippen LogP contribution in [0.3, 0.4) is 0 Å². The molecule has 0 unspecified atom stereocenters. The Hall–Kier alpha value is -2.11. The molecule has 1 heterocycles. The lowest BCUT2D eigenvalue weighted by atomic mass is 10.1. The van der Waals surface area contributed by atoms with Crippen molar-refractivity contribution < 1.29 is 9.90 Å². The number of nitrogens with zero attached hydrogens (tertiary/aromatic N) is 1. The highest BCUT2D eigenvalue weighted by atomic mass is 35.5. The van der Waals surface area contributed by atoms with Crippen molar-refractivity contribution in [2.24, 2.45) is 0 Å². The first-order valence-corrected chi connectivity index (χ1v) is 7.40. The molecule has 0 aliphatic heterocycles. The van der Waals surface area contributed by atoms with Crippen molar-refractivity contribution in [2.45, 2.75) is 6.92 Å². The number of aryl methyl sites for hydroxylation is 1. The number of carbonyl (C=O) groups is 1. The Kier molecular flexibility index (Phi) is 3.53. The maximum atomic E-state index is 12.2.